The zero-order chi connectivity index (χ0) is 36.6. The smallest absolute Gasteiger partial charge is 0.457 e. The maximum atomic E-state index is 12.5. The third-order valence-electron chi connectivity index (χ3n) is 8.27. The van der Waals surface area contributed by atoms with Crippen LogP contribution < -0.4 is 5.73 Å². The highest BCUT2D eigenvalue weighted by Crippen LogP contribution is 2.43. The van der Waals surface area contributed by atoms with Crippen LogP contribution in [0.4, 0.5) is 0 Å². The summed E-state index contributed by atoms with van der Waals surface area (Å²) in [7, 11) is -4.29. The highest BCUT2D eigenvalue weighted by molar-refractivity contribution is 7.47. The summed E-state index contributed by atoms with van der Waals surface area (Å²) in [6.45, 7) is 4.71. The maximum Gasteiger partial charge on any atom is 0.472 e. The number of unbranched alkanes of at least 4 members (excludes halogenated alkanes) is 17. The van der Waals surface area contributed by atoms with Crippen LogP contribution in [0.25, 0.3) is 0 Å². The first-order valence-corrected chi connectivity index (χ1v) is 21.6. The fraction of sp³-hybridized carbons (Fsp3) is 0.780. The Morgan fingerprint density at radius 1 is 0.620 bits per heavy atom. The van der Waals surface area contributed by atoms with Crippen molar-refractivity contribution in [3.05, 3.63) is 48.6 Å². The van der Waals surface area contributed by atoms with E-state index in [1.807, 2.05) is 12.2 Å². The Balaban J connectivity index is 4.10. The second-order valence-corrected chi connectivity index (χ2v) is 14.6. The van der Waals surface area contributed by atoms with E-state index in [9.17, 15) is 14.3 Å². The Bertz CT molecular complexity index is 905. The Morgan fingerprint density at radius 2 is 1.08 bits per heavy atom. The van der Waals surface area contributed by atoms with Gasteiger partial charge in [-0.15, -0.1) is 0 Å². The molecule has 0 heterocycles. The van der Waals surface area contributed by atoms with Crippen molar-refractivity contribution in [2.75, 3.05) is 33.0 Å². The number of phosphoric ester groups is 1. The van der Waals surface area contributed by atoms with Gasteiger partial charge in [0.25, 0.3) is 0 Å². The van der Waals surface area contributed by atoms with Gasteiger partial charge in [0.15, 0.2) is 0 Å². The molecule has 0 spiro atoms. The molecule has 50 heavy (non-hydrogen) atoms. The SMILES string of the molecule is CC/C=C\C/C=C\C/C=C\C/C=C\CCC(=O)OC(COCCCCCCCCCCCCCCCCCCCC)COP(=O)(O)OCCN. The first kappa shape index (κ1) is 48.5. The van der Waals surface area contributed by atoms with Crippen molar-refractivity contribution in [1.82, 2.24) is 0 Å². The van der Waals surface area contributed by atoms with Gasteiger partial charge < -0.3 is 20.1 Å². The lowest BCUT2D eigenvalue weighted by Gasteiger charge is -2.20. The predicted octanol–water partition coefficient (Wildman–Crippen LogP) is 11.6. The van der Waals surface area contributed by atoms with Gasteiger partial charge in [0.2, 0.25) is 0 Å². The van der Waals surface area contributed by atoms with Crippen molar-refractivity contribution in [1.29, 1.82) is 0 Å². The van der Waals surface area contributed by atoms with Crippen molar-refractivity contribution in [2.45, 2.75) is 174 Å². The zero-order valence-corrected chi connectivity index (χ0v) is 33.0. The van der Waals surface area contributed by atoms with Crippen molar-refractivity contribution in [3.63, 3.8) is 0 Å². The monoisotopic (exact) mass is 726 g/mol. The Kier molecular flexibility index (Phi) is 37.5. The van der Waals surface area contributed by atoms with Gasteiger partial charge in [0.05, 0.1) is 19.8 Å². The quantitative estimate of drug-likeness (QED) is 0.0279. The molecule has 0 fully saturated rings. The van der Waals surface area contributed by atoms with Gasteiger partial charge in [-0.3, -0.25) is 13.8 Å². The highest BCUT2D eigenvalue weighted by Gasteiger charge is 2.25. The number of ether oxygens (including phenoxy) is 2. The van der Waals surface area contributed by atoms with E-state index in [2.05, 4.69) is 50.3 Å². The minimum absolute atomic E-state index is 0.0888. The van der Waals surface area contributed by atoms with Crippen LogP contribution in [-0.2, 0) is 27.9 Å². The van der Waals surface area contributed by atoms with Gasteiger partial charge in [-0.05, 0) is 38.5 Å². The van der Waals surface area contributed by atoms with E-state index >= 15 is 0 Å². The molecule has 0 aliphatic carbocycles. The predicted molar refractivity (Wildman–Crippen MR) is 210 cm³/mol. The number of nitrogens with two attached hydrogens (primary N) is 1. The molecule has 0 aromatic rings. The second kappa shape index (κ2) is 38.7. The summed E-state index contributed by atoms with van der Waals surface area (Å²) in [5.41, 5.74) is 5.35. The van der Waals surface area contributed by atoms with Crippen molar-refractivity contribution >= 4 is 13.8 Å². The largest absolute Gasteiger partial charge is 0.472 e. The minimum atomic E-state index is -4.29. The average molecular weight is 726 g/mol. The average Bonchev–Trinajstić information content (AvgIpc) is 3.10. The molecule has 3 N–H and O–H groups in total. The van der Waals surface area contributed by atoms with Gasteiger partial charge >= 0.3 is 13.8 Å². The van der Waals surface area contributed by atoms with Crippen LogP contribution in [0.2, 0.25) is 0 Å². The fourth-order valence-corrected chi connectivity index (χ4v) is 6.13. The summed E-state index contributed by atoms with van der Waals surface area (Å²) in [6, 6.07) is 0. The number of allylic oxidation sites excluding steroid dienone is 8. The van der Waals surface area contributed by atoms with Crippen LogP contribution >= 0.6 is 7.82 Å². The molecular weight excluding hydrogens is 649 g/mol. The first-order chi connectivity index (χ1) is 24.4. The molecule has 0 rings (SSSR count). The van der Waals surface area contributed by atoms with Crippen LogP contribution in [0, 0.1) is 0 Å². The van der Waals surface area contributed by atoms with Gasteiger partial charge in [0.1, 0.15) is 6.10 Å². The van der Waals surface area contributed by atoms with Crippen molar-refractivity contribution < 1.29 is 32.8 Å². The lowest BCUT2D eigenvalue weighted by atomic mass is 10.0. The molecule has 292 valence electrons. The van der Waals surface area contributed by atoms with Crippen molar-refractivity contribution in [3.8, 4) is 0 Å². The standard InChI is InChI=1S/C41H76NO7P/c1-3-5-7-9-11-13-15-17-18-19-20-21-23-25-27-29-31-33-36-46-38-40(39-48-50(44,45)47-37-35-42)49-41(43)34-32-30-28-26-24-22-16-14-12-10-8-6-4-2/h6,8,12,14,22,24,28,30,40H,3-5,7,9-11,13,15-21,23,25-27,29,31-39,42H2,1-2H3,(H,44,45)/b8-6-,14-12-,24-22-,30-28-. The van der Waals surface area contributed by atoms with E-state index in [1.165, 1.54) is 103 Å². The normalized spacial score (nSPS) is 14.1. The van der Waals surface area contributed by atoms with Gasteiger partial charge in [0, 0.05) is 19.6 Å². The van der Waals surface area contributed by atoms with Crippen molar-refractivity contribution in [2.24, 2.45) is 5.73 Å². The van der Waals surface area contributed by atoms with E-state index in [-0.39, 0.29) is 32.8 Å². The molecule has 0 saturated carbocycles. The summed E-state index contributed by atoms with van der Waals surface area (Å²) in [5.74, 6) is -0.409. The van der Waals surface area contributed by atoms with E-state index in [0.717, 1.165) is 38.5 Å². The number of hydrogen-bond acceptors (Lipinski definition) is 7. The van der Waals surface area contributed by atoms with Gasteiger partial charge in [-0.1, -0.05) is 172 Å². The molecule has 0 aromatic carbocycles. The molecule has 0 amide bonds. The number of rotatable bonds is 38. The molecule has 0 aliphatic rings. The van der Waals surface area contributed by atoms with Crippen LogP contribution in [0.15, 0.2) is 48.6 Å². The molecular formula is C41H76NO7P. The lowest BCUT2D eigenvalue weighted by Crippen LogP contribution is -2.28. The van der Waals surface area contributed by atoms with Crippen LogP contribution in [-0.4, -0.2) is 49.9 Å². The molecule has 2 unspecified atom stereocenters. The molecule has 0 aromatic heterocycles. The maximum absolute atomic E-state index is 12.5. The molecule has 2 atom stereocenters. The van der Waals surface area contributed by atoms with E-state index in [4.69, 9.17) is 24.3 Å². The molecule has 8 nitrogen and oxygen atoms in total. The third kappa shape index (κ3) is 37.7. The zero-order valence-electron chi connectivity index (χ0n) is 32.1. The van der Waals surface area contributed by atoms with E-state index in [0.29, 0.717) is 13.0 Å². The Labute approximate surface area is 307 Å². The van der Waals surface area contributed by atoms with Crippen LogP contribution in [0.1, 0.15) is 168 Å². The van der Waals surface area contributed by atoms with Crippen LogP contribution in [0.5, 0.6) is 0 Å². The number of carbonyl (C=O) groups is 1. The summed E-state index contributed by atoms with van der Waals surface area (Å²) < 4.78 is 33.2. The number of carbonyl (C=O) groups excluding carboxylic acids is 1. The van der Waals surface area contributed by atoms with E-state index in [1.54, 1.807) is 0 Å². The Hall–Kier alpha value is -1.54. The van der Waals surface area contributed by atoms with Crippen LogP contribution in [0.3, 0.4) is 0 Å². The summed E-state index contributed by atoms with van der Waals surface area (Å²) in [4.78, 5) is 22.3. The summed E-state index contributed by atoms with van der Waals surface area (Å²) in [5, 5.41) is 0. The number of esters is 1. The molecule has 9 heteroatoms. The lowest BCUT2D eigenvalue weighted by molar-refractivity contribution is -0.154. The Morgan fingerprint density at radius 3 is 1.56 bits per heavy atom. The highest BCUT2D eigenvalue weighted by atomic mass is 31.2. The summed E-state index contributed by atoms with van der Waals surface area (Å²) in [6.07, 6.45) is 44.3. The second-order valence-electron chi connectivity index (χ2n) is 13.1. The first-order valence-electron chi connectivity index (χ1n) is 20.1. The molecule has 0 radical (unpaired) electrons. The fourth-order valence-electron chi connectivity index (χ4n) is 5.36. The topological polar surface area (TPSA) is 117 Å². The van der Waals surface area contributed by atoms with E-state index < -0.39 is 19.9 Å². The van der Waals surface area contributed by atoms with Gasteiger partial charge in [-0.2, -0.15) is 0 Å². The molecule has 0 aliphatic heterocycles. The summed E-state index contributed by atoms with van der Waals surface area (Å²) >= 11 is 0. The third-order valence-corrected chi connectivity index (χ3v) is 9.26. The molecule has 0 bridgehead atoms. The number of phosphoric acid groups is 1. The minimum Gasteiger partial charge on any atom is -0.457 e. The van der Waals surface area contributed by atoms with Gasteiger partial charge in [-0.25, -0.2) is 4.57 Å². The number of hydrogen-bond donors (Lipinski definition) is 2. The molecule has 0 saturated heterocycles.